The fourth-order valence-corrected chi connectivity index (χ4v) is 4.22. The van der Waals surface area contributed by atoms with E-state index in [9.17, 15) is 14.9 Å². The van der Waals surface area contributed by atoms with Crippen LogP contribution in [0.2, 0.25) is 0 Å². The van der Waals surface area contributed by atoms with Crippen LogP contribution in [0.5, 0.6) is 23.0 Å². The Morgan fingerprint density at radius 3 is 2.20 bits per heavy atom. The van der Waals surface area contributed by atoms with Gasteiger partial charge in [-0.05, 0) is 54.4 Å². The summed E-state index contributed by atoms with van der Waals surface area (Å²) in [6, 6.07) is 18.5. The van der Waals surface area contributed by atoms with E-state index in [0.29, 0.717) is 52.9 Å². The molecular formula is C29H30N4O7. The van der Waals surface area contributed by atoms with Crippen molar-refractivity contribution in [3.63, 3.8) is 0 Å². The average Bonchev–Trinajstić information content (AvgIpc) is 3.44. The smallest absolute Gasteiger partial charge is 0.272 e. The van der Waals surface area contributed by atoms with Gasteiger partial charge in [0.05, 0.1) is 44.7 Å². The van der Waals surface area contributed by atoms with Crippen LogP contribution in [0, 0.1) is 10.1 Å². The Bertz CT molecular complexity index is 1520. The van der Waals surface area contributed by atoms with Crippen LogP contribution >= 0.6 is 0 Å². The minimum absolute atomic E-state index is 0.0622. The molecule has 0 aliphatic rings. The topological polar surface area (TPSA) is 118 Å². The lowest BCUT2D eigenvalue weighted by Crippen LogP contribution is -2.30. The highest BCUT2D eigenvalue weighted by Crippen LogP contribution is 2.34. The van der Waals surface area contributed by atoms with Crippen LogP contribution in [0.25, 0.3) is 16.9 Å². The zero-order chi connectivity index (χ0) is 28.8. The molecule has 4 rings (SSSR count). The van der Waals surface area contributed by atoms with E-state index in [-0.39, 0.29) is 17.3 Å². The fourth-order valence-electron chi connectivity index (χ4n) is 4.22. The molecule has 3 aromatic carbocycles. The minimum Gasteiger partial charge on any atom is -0.497 e. The molecule has 1 aromatic heterocycles. The summed E-state index contributed by atoms with van der Waals surface area (Å²) in [5, 5.41) is 15.9. The number of hydrogen-bond acceptors (Lipinski definition) is 8. The third-order valence-electron chi connectivity index (χ3n) is 6.45. The summed E-state index contributed by atoms with van der Waals surface area (Å²) in [7, 11) is 7.97. The fraction of sp³-hybridized carbons (Fsp3) is 0.241. The van der Waals surface area contributed by atoms with Crippen LogP contribution in [-0.2, 0) is 6.42 Å². The number of nitrogens with zero attached hydrogens (tertiary/aromatic N) is 4. The first kappa shape index (κ1) is 28.0. The summed E-state index contributed by atoms with van der Waals surface area (Å²) in [4.78, 5) is 26.0. The predicted molar refractivity (Wildman–Crippen MR) is 149 cm³/mol. The summed E-state index contributed by atoms with van der Waals surface area (Å²) in [6.07, 6.45) is 0.577. The van der Waals surface area contributed by atoms with Gasteiger partial charge in [0.2, 0.25) is 0 Å². The number of hydrogen-bond donors (Lipinski definition) is 0. The summed E-state index contributed by atoms with van der Waals surface area (Å²) >= 11 is 0. The highest BCUT2D eigenvalue weighted by Gasteiger charge is 2.23. The molecule has 0 aliphatic carbocycles. The van der Waals surface area contributed by atoms with Gasteiger partial charge in [0.25, 0.3) is 11.6 Å². The van der Waals surface area contributed by atoms with E-state index >= 15 is 0 Å². The Kier molecular flexibility index (Phi) is 8.53. The first-order valence-corrected chi connectivity index (χ1v) is 12.3. The second kappa shape index (κ2) is 12.2. The summed E-state index contributed by atoms with van der Waals surface area (Å²) in [5.74, 6) is 2.10. The van der Waals surface area contributed by atoms with E-state index in [1.807, 2.05) is 18.2 Å². The van der Waals surface area contributed by atoms with Crippen molar-refractivity contribution in [3.8, 4) is 39.9 Å². The van der Waals surface area contributed by atoms with Gasteiger partial charge < -0.3 is 23.8 Å². The molecule has 4 aromatic rings. The van der Waals surface area contributed by atoms with Crippen LogP contribution in [0.3, 0.4) is 0 Å². The number of likely N-dealkylation sites (N-methyl/N-ethyl adjacent to an activating group) is 1. The van der Waals surface area contributed by atoms with E-state index in [1.54, 1.807) is 76.8 Å². The number of amides is 1. The maximum atomic E-state index is 13.7. The molecule has 40 heavy (non-hydrogen) atoms. The molecule has 208 valence electrons. The van der Waals surface area contributed by atoms with Crippen molar-refractivity contribution in [2.24, 2.45) is 0 Å². The maximum Gasteiger partial charge on any atom is 0.272 e. The summed E-state index contributed by atoms with van der Waals surface area (Å²) in [5.41, 5.74) is 2.86. The molecule has 0 atom stereocenters. The zero-order valence-corrected chi connectivity index (χ0v) is 22.9. The number of carbonyl (C=O) groups is 1. The molecular weight excluding hydrogens is 516 g/mol. The molecule has 11 nitrogen and oxygen atoms in total. The van der Waals surface area contributed by atoms with Crippen LogP contribution in [0.4, 0.5) is 5.69 Å². The number of rotatable bonds is 11. The number of ether oxygens (including phenoxy) is 4. The Hall–Kier alpha value is -5.06. The van der Waals surface area contributed by atoms with Crippen molar-refractivity contribution in [1.82, 2.24) is 14.7 Å². The molecule has 0 radical (unpaired) electrons. The van der Waals surface area contributed by atoms with E-state index in [1.165, 1.54) is 16.8 Å². The van der Waals surface area contributed by atoms with E-state index in [4.69, 9.17) is 24.0 Å². The lowest BCUT2D eigenvalue weighted by molar-refractivity contribution is -0.384. The van der Waals surface area contributed by atoms with Gasteiger partial charge in [0.15, 0.2) is 11.5 Å². The third-order valence-corrected chi connectivity index (χ3v) is 6.45. The molecule has 1 heterocycles. The molecule has 0 N–H and O–H groups in total. The monoisotopic (exact) mass is 546 g/mol. The van der Waals surface area contributed by atoms with Crippen LogP contribution in [0.1, 0.15) is 16.1 Å². The van der Waals surface area contributed by atoms with Gasteiger partial charge in [0, 0.05) is 37.4 Å². The second-order valence-electron chi connectivity index (χ2n) is 8.83. The predicted octanol–water partition coefficient (Wildman–Crippen LogP) is 4.80. The van der Waals surface area contributed by atoms with Crippen LogP contribution in [-0.4, -0.2) is 67.5 Å². The number of carbonyl (C=O) groups excluding carboxylic acids is 1. The van der Waals surface area contributed by atoms with Crippen molar-refractivity contribution in [1.29, 1.82) is 0 Å². The van der Waals surface area contributed by atoms with E-state index in [2.05, 4.69) is 0 Å². The maximum absolute atomic E-state index is 13.7. The molecule has 0 aliphatic heterocycles. The second-order valence-corrected chi connectivity index (χ2v) is 8.83. The van der Waals surface area contributed by atoms with Crippen LogP contribution in [0.15, 0.2) is 66.7 Å². The Labute approximate surface area is 231 Å². The Morgan fingerprint density at radius 2 is 1.57 bits per heavy atom. The molecule has 0 saturated heterocycles. The quantitative estimate of drug-likeness (QED) is 0.195. The SMILES string of the molecule is COc1ccc(-c2cc(C(=O)N(C)CCc3ccc(OC)c(OC)c3)n(-c3ccc([N+](=O)[O-])cc3)n2)c(OC)c1. The number of benzene rings is 3. The first-order valence-electron chi connectivity index (χ1n) is 12.3. The lowest BCUT2D eigenvalue weighted by Gasteiger charge is -2.18. The standard InChI is InChI=1S/C29H30N4O7/c1-31(15-14-19-6-13-26(38-3)28(16-19)40-5)29(34)25-18-24(23-12-11-22(37-2)17-27(23)39-4)30-32(25)20-7-9-21(10-8-20)33(35)36/h6-13,16-18H,14-15H2,1-5H3. The molecule has 1 amide bonds. The van der Waals surface area contributed by atoms with Crippen molar-refractivity contribution in [3.05, 3.63) is 88.1 Å². The van der Waals surface area contributed by atoms with Gasteiger partial charge in [-0.25, -0.2) is 4.68 Å². The molecule has 0 fully saturated rings. The van der Waals surface area contributed by atoms with Crippen LogP contribution < -0.4 is 18.9 Å². The van der Waals surface area contributed by atoms with E-state index < -0.39 is 4.92 Å². The van der Waals surface area contributed by atoms with Gasteiger partial charge in [-0.15, -0.1) is 0 Å². The molecule has 0 spiro atoms. The van der Waals surface area contributed by atoms with Gasteiger partial charge in [-0.2, -0.15) is 5.10 Å². The van der Waals surface area contributed by atoms with Gasteiger partial charge in [0.1, 0.15) is 17.2 Å². The summed E-state index contributed by atoms with van der Waals surface area (Å²) in [6.45, 7) is 0.418. The third kappa shape index (κ3) is 5.83. The average molecular weight is 547 g/mol. The molecule has 0 saturated carbocycles. The number of nitro benzene ring substituents is 1. The highest BCUT2D eigenvalue weighted by atomic mass is 16.6. The number of methoxy groups -OCH3 is 4. The largest absolute Gasteiger partial charge is 0.497 e. The lowest BCUT2D eigenvalue weighted by atomic mass is 10.1. The zero-order valence-electron chi connectivity index (χ0n) is 22.9. The van der Waals surface area contributed by atoms with Gasteiger partial charge in [-0.3, -0.25) is 14.9 Å². The van der Waals surface area contributed by atoms with Crippen molar-refractivity contribution in [2.45, 2.75) is 6.42 Å². The van der Waals surface area contributed by atoms with Crippen molar-refractivity contribution < 1.29 is 28.7 Å². The molecule has 0 bridgehead atoms. The summed E-state index contributed by atoms with van der Waals surface area (Å²) < 4.78 is 23.0. The first-order chi connectivity index (χ1) is 19.3. The minimum atomic E-state index is -0.478. The number of non-ortho nitro benzene ring substituents is 1. The van der Waals surface area contributed by atoms with Gasteiger partial charge in [-0.1, -0.05) is 6.07 Å². The van der Waals surface area contributed by atoms with E-state index in [0.717, 1.165) is 5.56 Å². The Balaban J connectivity index is 1.68. The van der Waals surface area contributed by atoms with Crippen molar-refractivity contribution >= 4 is 11.6 Å². The van der Waals surface area contributed by atoms with Gasteiger partial charge >= 0.3 is 0 Å². The highest BCUT2D eigenvalue weighted by molar-refractivity contribution is 5.94. The normalized spacial score (nSPS) is 10.6. The van der Waals surface area contributed by atoms with Crippen molar-refractivity contribution in [2.75, 3.05) is 42.0 Å². The number of nitro groups is 1. The molecule has 0 unspecified atom stereocenters. The molecule has 11 heteroatoms. The Morgan fingerprint density at radius 1 is 0.875 bits per heavy atom. The number of aromatic nitrogens is 2.